The van der Waals surface area contributed by atoms with Crippen molar-refractivity contribution in [3.8, 4) is 0 Å². The van der Waals surface area contributed by atoms with Crippen molar-refractivity contribution in [3.05, 3.63) is 29.8 Å². The monoisotopic (exact) mass is 267 g/mol. The van der Waals surface area contributed by atoms with Gasteiger partial charge in [0.15, 0.2) is 0 Å². The van der Waals surface area contributed by atoms with E-state index in [0.717, 1.165) is 11.2 Å². The highest BCUT2D eigenvalue weighted by atomic mass is 79.9. The second-order valence-electron chi connectivity index (χ2n) is 4.60. The first-order valence-corrected chi connectivity index (χ1v) is 6.75. The maximum absolute atomic E-state index is 3.56. The molecule has 1 aromatic rings. The molecule has 0 saturated carbocycles. The molecule has 0 amide bonds. The molecular formula is C13H18BrN. The lowest BCUT2D eigenvalue weighted by Crippen LogP contribution is -2.27. The molecule has 0 bridgehead atoms. The van der Waals surface area contributed by atoms with Gasteiger partial charge >= 0.3 is 0 Å². The van der Waals surface area contributed by atoms with Gasteiger partial charge in [-0.25, -0.2) is 0 Å². The molecule has 0 N–H and O–H groups in total. The quantitative estimate of drug-likeness (QED) is 0.737. The third kappa shape index (κ3) is 2.20. The molecule has 1 aliphatic rings. The predicted molar refractivity (Wildman–Crippen MR) is 69.7 cm³/mol. The Bertz CT molecular complexity index is 337. The van der Waals surface area contributed by atoms with Crippen molar-refractivity contribution in [1.82, 2.24) is 0 Å². The van der Waals surface area contributed by atoms with Crippen LogP contribution in [0.15, 0.2) is 24.3 Å². The molecule has 0 radical (unpaired) electrons. The Morgan fingerprint density at radius 1 is 1.33 bits per heavy atom. The van der Waals surface area contributed by atoms with E-state index >= 15 is 0 Å². The van der Waals surface area contributed by atoms with Crippen LogP contribution >= 0.6 is 15.9 Å². The Morgan fingerprint density at radius 3 is 2.67 bits per heavy atom. The highest BCUT2D eigenvalue weighted by molar-refractivity contribution is 9.08. The minimum atomic E-state index is 0.681. The van der Waals surface area contributed by atoms with Crippen LogP contribution < -0.4 is 4.90 Å². The molecular weight excluding hydrogens is 250 g/mol. The summed E-state index contributed by atoms with van der Waals surface area (Å²) in [6, 6.07) is 9.38. The molecule has 82 valence electrons. The van der Waals surface area contributed by atoms with E-state index in [1.54, 1.807) is 0 Å². The van der Waals surface area contributed by atoms with Gasteiger partial charge in [-0.2, -0.15) is 0 Å². The Labute approximate surface area is 101 Å². The van der Waals surface area contributed by atoms with Crippen molar-refractivity contribution in [3.63, 3.8) is 0 Å². The molecule has 1 saturated heterocycles. The van der Waals surface area contributed by atoms with Crippen LogP contribution in [0.4, 0.5) is 5.69 Å². The van der Waals surface area contributed by atoms with E-state index in [2.05, 4.69) is 58.9 Å². The van der Waals surface area contributed by atoms with Crippen LogP contribution in [0.5, 0.6) is 0 Å². The van der Waals surface area contributed by atoms with Gasteiger partial charge in [0, 0.05) is 23.6 Å². The summed E-state index contributed by atoms with van der Waals surface area (Å²) < 4.78 is 0. The summed E-state index contributed by atoms with van der Waals surface area (Å²) in [5.41, 5.74) is 2.81. The number of para-hydroxylation sites is 1. The van der Waals surface area contributed by atoms with E-state index in [4.69, 9.17) is 0 Å². The molecule has 0 spiro atoms. The molecule has 1 nitrogen and oxygen atoms in total. The van der Waals surface area contributed by atoms with Crippen LogP contribution in [0, 0.1) is 5.92 Å². The predicted octanol–water partition coefficient (Wildman–Crippen LogP) is 3.82. The average molecular weight is 268 g/mol. The highest BCUT2D eigenvalue weighted by Crippen LogP contribution is 2.31. The molecule has 15 heavy (non-hydrogen) atoms. The molecule has 0 aliphatic carbocycles. The highest BCUT2D eigenvalue weighted by Gasteiger charge is 2.27. The third-order valence-electron chi connectivity index (χ3n) is 3.23. The second-order valence-corrected chi connectivity index (χ2v) is 5.17. The molecule has 1 fully saturated rings. The SMILES string of the molecule is CC1CC(C)N(c2ccccc2CBr)C1. The van der Waals surface area contributed by atoms with Crippen molar-refractivity contribution in [1.29, 1.82) is 0 Å². The lowest BCUT2D eigenvalue weighted by molar-refractivity contribution is 0.625. The number of benzene rings is 1. The van der Waals surface area contributed by atoms with Crippen LogP contribution in [-0.2, 0) is 5.33 Å². The van der Waals surface area contributed by atoms with Crippen LogP contribution in [0.3, 0.4) is 0 Å². The van der Waals surface area contributed by atoms with Gasteiger partial charge < -0.3 is 4.90 Å². The smallest absolute Gasteiger partial charge is 0.0409 e. The molecule has 1 aromatic carbocycles. The van der Waals surface area contributed by atoms with Gasteiger partial charge in [-0.1, -0.05) is 41.1 Å². The number of hydrogen-bond donors (Lipinski definition) is 0. The summed E-state index contributed by atoms with van der Waals surface area (Å²) in [6.45, 7) is 5.87. The fourth-order valence-corrected chi connectivity index (χ4v) is 3.01. The maximum atomic E-state index is 3.56. The van der Waals surface area contributed by atoms with E-state index in [1.165, 1.54) is 24.2 Å². The second kappa shape index (κ2) is 4.56. The van der Waals surface area contributed by atoms with Crippen molar-refractivity contribution < 1.29 is 0 Å². The number of hydrogen-bond acceptors (Lipinski definition) is 1. The third-order valence-corrected chi connectivity index (χ3v) is 3.83. The number of halogens is 1. The lowest BCUT2D eigenvalue weighted by Gasteiger charge is -2.26. The first-order valence-electron chi connectivity index (χ1n) is 5.63. The molecule has 2 rings (SSSR count). The number of alkyl halides is 1. The fraction of sp³-hybridized carbons (Fsp3) is 0.538. The van der Waals surface area contributed by atoms with Gasteiger partial charge in [0.25, 0.3) is 0 Å². The lowest BCUT2D eigenvalue weighted by atomic mass is 10.1. The van der Waals surface area contributed by atoms with Gasteiger partial charge in [0.1, 0.15) is 0 Å². The first kappa shape index (κ1) is 11.0. The number of rotatable bonds is 2. The number of nitrogens with zero attached hydrogens (tertiary/aromatic N) is 1. The van der Waals surface area contributed by atoms with Gasteiger partial charge in [-0.3, -0.25) is 0 Å². The first-order chi connectivity index (χ1) is 7.22. The Hall–Kier alpha value is -0.500. The van der Waals surface area contributed by atoms with E-state index in [0.29, 0.717) is 6.04 Å². The van der Waals surface area contributed by atoms with Crippen LogP contribution in [0.2, 0.25) is 0 Å². The summed E-state index contributed by atoms with van der Waals surface area (Å²) in [5.74, 6) is 0.823. The van der Waals surface area contributed by atoms with Gasteiger partial charge in [0.2, 0.25) is 0 Å². The Balaban J connectivity index is 2.29. The van der Waals surface area contributed by atoms with E-state index < -0.39 is 0 Å². The number of anilines is 1. The largest absolute Gasteiger partial charge is 0.368 e. The van der Waals surface area contributed by atoms with Crippen LogP contribution in [-0.4, -0.2) is 12.6 Å². The summed E-state index contributed by atoms with van der Waals surface area (Å²) in [6.07, 6.45) is 1.32. The molecule has 1 aliphatic heterocycles. The van der Waals surface area contributed by atoms with E-state index in [1.807, 2.05) is 0 Å². The van der Waals surface area contributed by atoms with E-state index in [9.17, 15) is 0 Å². The Kier molecular flexibility index (Phi) is 3.35. The zero-order valence-electron chi connectivity index (χ0n) is 9.41. The summed E-state index contributed by atoms with van der Waals surface area (Å²) >= 11 is 3.56. The zero-order chi connectivity index (χ0) is 10.8. The van der Waals surface area contributed by atoms with Crippen LogP contribution in [0.1, 0.15) is 25.8 Å². The average Bonchev–Trinajstić information content (AvgIpc) is 2.57. The Morgan fingerprint density at radius 2 is 2.07 bits per heavy atom. The van der Waals surface area contributed by atoms with E-state index in [-0.39, 0.29) is 0 Å². The van der Waals surface area contributed by atoms with Crippen molar-refractivity contribution in [2.75, 3.05) is 11.4 Å². The van der Waals surface area contributed by atoms with Gasteiger partial charge in [0.05, 0.1) is 0 Å². The topological polar surface area (TPSA) is 3.24 Å². The molecule has 0 aromatic heterocycles. The minimum Gasteiger partial charge on any atom is -0.368 e. The van der Waals surface area contributed by atoms with Crippen molar-refractivity contribution in [2.24, 2.45) is 5.92 Å². The fourth-order valence-electron chi connectivity index (χ4n) is 2.54. The van der Waals surface area contributed by atoms with Gasteiger partial charge in [-0.05, 0) is 30.9 Å². The maximum Gasteiger partial charge on any atom is 0.0409 e. The molecule has 1 heterocycles. The molecule has 2 heteroatoms. The van der Waals surface area contributed by atoms with Crippen LogP contribution in [0.25, 0.3) is 0 Å². The summed E-state index contributed by atoms with van der Waals surface area (Å²) in [7, 11) is 0. The molecule has 2 unspecified atom stereocenters. The summed E-state index contributed by atoms with van der Waals surface area (Å²) in [5, 5.41) is 0.945. The zero-order valence-corrected chi connectivity index (χ0v) is 11.0. The standard InChI is InChI=1S/C13H18BrN/c1-10-7-11(2)15(9-10)13-6-4-3-5-12(13)8-14/h3-6,10-11H,7-9H2,1-2H3. The van der Waals surface area contributed by atoms with Crippen molar-refractivity contribution >= 4 is 21.6 Å². The normalized spacial score (nSPS) is 25.9. The molecule has 2 atom stereocenters. The minimum absolute atomic E-state index is 0.681. The summed E-state index contributed by atoms with van der Waals surface area (Å²) in [4.78, 5) is 2.54. The van der Waals surface area contributed by atoms with Gasteiger partial charge in [-0.15, -0.1) is 0 Å². The van der Waals surface area contributed by atoms with Crippen molar-refractivity contribution in [2.45, 2.75) is 31.6 Å².